The molecule has 1 aromatic rings. The molecule has 2 atom stereocenters. The molecule has 0 heterocycles. The fourth-order valence-corrected chi connectivity index (χ4v) is 3.08. The number of nitrogens with one attached hydrogen (secondary N) is 1. The largest absolute Gasteiger partial charge is 0.387 e. The number of aliphatic hydroxyl groups is 1. The number of benzene rings is 1. The summed E-state index contributed by atoms with van der Waals surface area (Å²) < 4.78 is 0. The molecule has 0 aromatic heterocycles. The van der Waals surface area contributed by atoms with Gasteiger partial charge in [-0.1, -0.05) is 39.7 Å². The van der Waals surface area contributed by atoms with Gasteiger partial charge in [-0.2, -0.15) is 0 Å². The molecule has 0 saturated heterocycles. The second kappa shape index (κ2) is 13.0. The molecular weight excluding hydrogens is 336 g/mol. The van der Waals surface area contributed by atoms with Crippen molar-refractivity contribution in [3.8, 4) is 0 Å². The zero-order valence-electron chi connectivity index (χ0n) is 18.2. The van der Waals surface area contributed by atoms with Crippen molar-refractivity contribution in [1.82, 2.24) is 5.32 Å². The first-order valence-electron chi connectivity index (χ1n) is 10.6. The van der Waals surface area contributed by atoms with Crippen molar-refractivity contribution in [1.29, 1.82) is 0 Å². The molecule has 0 aliphatic heterocycles. The maximum atomic E-state index is 10.8. The van der Waals surface area contributed by atoms with E-state index in [1.807, 2.05) is 0 Å². The van der Waals surface area contributed by atoms with E-state index < -0.39 is 6.10 Å². The molecule has 0 radical (unpaired) electrons. The SMILES string of the molecule is CCCCN(C)c1ccc(C(O)CNCC(C)CN)c(N(C)CCCC)c1. The Balaban J connectivity index is 2.95. The molecule has 4 N–H and O–H groups in total. The molecule has 27 heavy (non-hydrogen) atoms. The first kappa shape index (κ1) is 23.7. The van der Waals surface area contributed by atoms with Gasteiger partial charge >= 0.3 is 0 Å². The van der Waals surface area contributed by atoms with Gasteiger partial charge in [0, 0.05) is 50.7 Å². The highest BCUT2D eigenvalue weighted by molar-refractivity contribution is 5.64. The summed E-state index contributed by atoms with van der Waals surface area (Å²) in [5.41, 5.74) is 9.01. The second-order valence-electron chi connectivity index (χ2n) is 7.81. The van der Waals surface area contributed by atoms with Crippen molar-refractivity contribution in [2.24, 2.45) is 11.7 Å². The molecule has 0 amide bonds. The lowest BCUT2D eigenvalue weighted by Crippen LogP contribution is -2.30. The van der Waals surface area contributed by atoms with E-state index in [2.05, 4.69) is 68.2 Å². The topological polar surface area (TPSA) is 64.8 Å². The van der Waals surface area contributed by atoms with E-state index in [1.54, 1.807) is 0 Å². The molecule has 0 bridgehead atoms. The van der Waals surface area contributed by atoms with Crippen LogP contribution in [0.2, 0.25) is 0 Å². The lowest BCUT2D eigenvalue weighted by Gasteiger charge is -2.28. The van der Waals surface area contributed by atoms with E-state index in [0.717, 1.165) is 43.7 Å². The summed E-state index contributed by atoms with van der Waals surface area (Å²) in [6.07, 6.45) is 4.16. The Morgan fingerprint density at radius 2 is 1.67 bits per heavy atom. The van der Waals surface area contributed by atoms with Crippen LogP contribution in [-0.4, -0.2) is 51.9 Å². The minimum absolute atomic E-state index is 0.415. The maximum absolute atomic E-state index is 10.8. The summed E-state index contributed by atoms with van der Waals surface area (Å²) >= 11 is 0. The Labute approximate surface area is 166 Å². The van der Waals surface area contributed by atoms with E-state index in [9.17, 15) is 5.11 Å². The van der Waals surface area contributed by atoms with Crippen LogP contribution in [0, 0.1) is 5.92 Å². The molecule has 5 nitrogen and oxygen atoms in total. The highest BCUT2D eigenvalue weighted by Crippen LogP contribution is 2.30. The smallest absolute Gasteiger partial charge is 0.0934 e. The van der Waals surface area contributed by atoms with Gasteiger partial charge in [0.05, 0.1) is 6.10 Å². The second-order valence-corrected chi connectivity index (χ2v) is 7.81. The molecular formula is C22H42N4O. The van der Waals surface area contributed by atoms with Gasteiger partial charge in [-0.15, -0.1) is 0 Å². The van der Waals surface area contributed by atoms with Crippen molar-refractivity contribution in [3.05, 3.63) is 23.8 Å². The van der Waals surface area contributed by atoms with Crippen molar-refractivity contribution in [2.45, 2.75) is 52.6 Å². The van der Waals surface area contributed by atoms with Crippen LogP contribution in [0.3, 0.4) is 0 Å². The van der Waals surface area contributed by atoms with Crippen LogP contribution in [0.1, 0.15) is 58.1 Å². The molecule has 0 saturated carbocycles. The number of hydrogen-bond acceptors (Lipinski definition) is 5. The summed E-state index contributed by atoms with van der Waals surface area (Å²) in [6.45, 7) is 10.6. The Hall–Kier alpha value is -1.30. The highest BCUT2D eigenvalue weighted by atomic mass is 16.3. The van der Waals surface area contributed by atoms with Crippen LogP contribution < -0.4 is 20.9 Å². The van der Waals surface area contributed by atoms with E-state index >= 15 is 0 Å². The van der Waals surface area contributed by atoms with Crippen molar-refractivity contribution < 1.29 is 5.11 Å². The minimum atomic E-state index is -0.524. The zero-order valence-corrected chi connectivity index (χ0v) is 18.2. The monoisotopic (exact) mass is 378 g/mol. The predicted molar refractivity (Wildman–Crippen MR) is 119 cm³/mol. The summed E-state index contributed by atoms with van der Waals surface area (Å²) in [5.74, 6) is 0.415. The quantitative estimate of drug-likeness (QED) is 0.463. The first-order valence-corrected chi connectivity index (χ1v) is 10.6. The fourth-order valence-electron chi connectivity index (χ4n) is 3.08. The van der Waals surface area contributed by atoms with E-state index in [-0.39, 0.29) is 0 Å². The van der Waals surface area contributed by atoms with Crippen molar-refractivity contribution in [3.63, 3.8) is 0 Å². The molecule has 0 aliphatic carbocycles. The van der Waals surface area contributed by atoms with E-state index in [0.29, 0.717) is 19.0 Å². The van der Waals surface area contributed by atoms with Crippen LogP contribution >= 0.6 is 0 Å². The zero-order chi connectivity index (χ0) is 20.2. The van der Waals surface area contributed by atoms with Gasteiger partial charge in [-0.3, -0.25) is 0 Å². The Morgan fingerprint density at radius 1 is 1.04 bits per heavy atom. The van der Waals surface area contributed by atoms with Crippen LogP contribution in [0.25, 0.3) is 0 Å². The summed E-state index contributed by atoms with van der Waals surface area (Å²) in [4.78, 5) is 4.58. The van der Waals surface area contributed by atoms with E-state index in [1.165, 1.54) is 18.5 Å². The standard InChI is InChI=1S/C22H42N4O/c1-6-8-12-25(4)19-10-11-20(21(14-19)26(5)13-9-7-2)22(27)17-24-16-18(3)15-23/h10-11,14,18,22,24,27H,6-9,12-13,15-17,23H2,1-5H3. The van der Waals surface area contributed by atoms with Crippen LogP contribution in [-0.2, 0) is 0 Å². The van der Waals surface area contributed by atoms with Crippen LogP contribution in [0.5, 0.6) is 0 Å². The van der Waals surface area contributed by atoms with Crippen LogP contribution in [0.15, 0.2) is 18.2 Å². The first-order chi connectivity index (χ1) is 12.9. The number of aliphatic hydroxyl groups excluding tert-OH is 1. The molecule has 1 rings (SSSR count). The van der Waals surface area contributed by atoms with Gasteiger partial charge in [0.25, 0.3) is 0 Å². The lowest BCUT2D eigenvalue weighted by molar-refractivity contribution is 0.173. The van der Waals surface area contributed by atoms with Gasteiger partial charge in [-0.05, 0) is 44.0 Å². The minimum Gasteiger partial charge on any atom is -0.387 e. The summed E-state index contributed by atoms with van der Waals surface area (Å²) in [7, 11) is 4.27. The number of nitrogens with two attached hydrogens (primary N) is 1. The molecule has 0 spiro atoms. The Kier molecular flexibility index (Phi) is 11.4. The summed E-state index contributed by atoms with van der Waals surface area (Å²) in [5, 5.41) is 14.1. The van der Waals surface area contributed by atoms with Crippen LogP contribution in [0.4, 0.5) is 11.4 Å². The lowest BCUT2D eigenvalue weighted by atomic mass is 10.0. The third-order valence-electron chi connectivity index (χ3n) is 5.15. The molecule has 156 valence electrons. The number of hydrogen-bond donors (Lipinski definition) is 3. The van der Waals surface area contributed by atoms with Crippen molar-refractivity contribution >= 4 is 11.4 Å². The molecule has 2 unspecified atom stereocenters. The predicted octanol–water partition coefficient (Wildman–Crippen LogP) is 3.38. The van der Waals surface area contributed by atoms with Gasteiger partial charge in [0.1, 0.15) is 0 Å². The molecule has 1 aromatic carbocycles. The Bertz CT molecular complexity index is 523. The molecule has 5 heteroatoms. The maximum Gasteiger partial charge on any atom is 0.0934 e. The number of rotatable bonds is 14. The number of nitrogens with zero attached hydrogens (tertiary/aromatic N) is 2. The van der Waals surface area contributed by atoms with Gasteiger partial charge in [0.2, 0.25) is 0 Å². The average molecular weight is 379 g/mol. The highest BCUT2D eigenvalue weighted by Gasteiger charge is 2.17. The average Bonchev–Trinajstić information content (AvgIpc) is 2.69. The fraction of sp³-hybridized carbons (Fsp3) is 0.727. The Morgan fingerprint density at radius 3 is 2.26 bits per heavy atom. The van der Waals surface area contributed by atoms with Gasteiger partial charge in [-0.25, -0.2) is 0 Å². The molecule has 0 aliphatic rings. The normalized spacial score (nSPS) is 13.4. The third-order valence-corrected chi connectivity index (χ3v) is 5.15. The third kappa shape index (κ3) is 8.08. The van der Waals surface area contributed by atoms with Gasteiger partial charge < -0.3 is 26.0 Å². The van der Waals surface area contributed by atoms with E-state index in [4.69, 9.17) is 5.73 Å². The summed E-state index contributed by atoms with van der Waals surface area (Å²) in [6, 6.07) is 6.45. The van der Waals surface area contributed by atoms with Crippen molar-refractivity contribution in [2.75, 3.05) is 56.6 Å². The van der Waals surface area contributed by atoms with Gasteiger partial charge in [0.15, 0.2) is 0 Å². The number of unbranched alkanes of at least 4 members (excludes halogenated alkanes) is 2. The molecule has 0 fully saturated rings. The number of anilines is 2.